The number of sulfonamides is 1. The van der Waals surface area contributed by atoms with Crippen LogP contribution in [0.25, 0.3) is 0 Å². The summed E-state index contributed by atoms with van der Waals surface area (Å²) < 4.78 is 64.3. The Morgan fingerprint density at radius 3 is 2.50 bits per heavy atom. The number of carbonyl (C=O) groups excluding carboxylic acids is 1. The lowest BCUT2D eigenvalue weighted by atomic mass is 10.2. The molecule has 0 unspecified atom stereocenters. The third-order valence-corrected chi connectivity index (χ3v) is 5.00. The molecule has 2 rings (SSSR count). The van der Waals surface area contributed by atoms with Crippen molar-refractivity contribution in [3.05, 3.63) is 58.6 Å². The highest BCUT2D eigenvalue weighted by Gasteiger charge is 2.31. The first-order valence-corrected chi connectivity index (χ1v) is 9.08. The second kappa shape index (κ2) is 7.65. The Hall–Kier alpha value is -2.10. The lowest BCUT2D eigenvalue weighted by molar-refractivity contribution is -0.137. The zero-order valence-corrected chi connectivity index (χ0v) is 15.0. The molecule has 0 spiro atoms. The molecule has 10 heteroatoms. The summed E-state index contributed by atoms with van der Waals surface area (Å²) >= 11 is 5.83. The van der Waals surface area contributed by atoms with Crippen molar-refractivity contribution in [3.8, 4) is 0 Å². The molecule has 0 saturated carbocycles. The summed E-state index contributed by atoms with van der Waals surface area (Å²) in [5.41, 5.74) is 0.0173. The molecule has 1 amide bonds. The van der Waals surface area contributed by atoms with E-state index in [1.807, 2.05) is 4.72 Å². The summed E-state index contributed by atoms with van der Waals surface area (Å²) in [4.78, 5) is 11.3. The largest absolute Gasteiger partial charge is 0.416 e. The molecule has 0 aliphatic heterocycles. The first kappa shape index (κ1) is 20.2. The molecule has 5 nitrogen and oxygen atoms in total. The molecule has 0 aromatic heterocycles. The van der Waals surface area contributed by atoms with Gasteiger partial charge >= 0.3 is 6.18 Å². The molecule has 0 heterocycles. The van der Waals surface area contributed by atoms with Gasteiger partial charge in [0.25, 0.3) is 0 Å². The van der Waals surface area contributed by atoms with Gasteiger partial charge < -0.3 is 5.32 Å². The molecule has 2 aromatic rings. The van der Waals surface area contributed by atoms with Gasteiger partial charge in [-0.1, -0.05) is 23.7 Å². The quantitative estimate of drug-likeness (QED) is 0.796. The number of hydrogen-bond acceptors (Lipinski definition) is 3. The van der Waals surface area contributed by atoms with Crippen LogP contribution in [0.1, 0.15) is 11.1 Å². The molecule has 0 saturated heterocycles. The molecule has 0 aliphatic rings. The number of benzene rings is 2. The Kier molecular flexibility index (Phi) is 5.94. The van der Waals surface area contributed by atoms with E-state index in [2.05, 4.69) is 5.32 Å². The third kappa shape index (κ3) is 5.20. The van der Waals surface area contributed by atoms with Crippen LogP contribution in [0, 0.1) is 6.92 Å². The van der Waals surface area contributed by atoms with Crippen LogP contribution in [0.4, 0.5) is 18.9 Å². The normalized spacial score (nSPS) is 12.0. The van der Waals surface area contributed by atoms with Gasteiger partial charge in [-0.2, -0.15) is 13.2 Å². The van der Waals surface area contributed by atoms with E-state index in [4.69, 9.17) is 11.6 Å². The van der Waals surface area contributed by atoms with Crippen molar-refractivity contribution in [2.45, 2.75) is 18.0 Å². The van der Waals surface area contributed by atoms with Crippen LogP contribution < -0.4 is 10.0 Å². The van der Waals surface area contributed by atoms with Crippen LogP contribution in [-0.4, -0.2) is 20.9 Å². The van der Waals surface area contributed by atoms with Crippen LogP contribution in [0.5, 0.6) is 0 Å². The maximum absolute atomic E-state index is 12.7. The minimum atomic E-state index is -4.67. The van der Waals surface area contributed by atoms with E-state index in [0.717, 1.165) is 18.2 Å². The highest BCUT2D eigenvalue weighted by molar-refractivity contribution is 7.89. The van der Waals surface area contributed by atoms with Crippen LogP contribution in [0.3, 0.4) is 0 Å². The number of nitrogens with one attached hydrogen (secondary N) is 2. The molecule has 140 valence electrons. The monoisotopic (exact) mass is 406 g/mol. The number of alkyl halides is 3. The van der Waals surface area contributed by atoms with Crippen molar-refractivity contribution in [3.63, 3.8) is 0 Å². The molecule has 26 heavy (non-hydrogen) atoms. The van der Waals surface area contributed by atoms with Crippen LogP contribution in [-0.2, 0) is 21.0 Å². The Morgan fingerprint density at radius 2 is 1.85 bits per heavy atom. The predicted molar refractivity (Wildman–Crippen MR) is 91.5 cm³/mol. The first-order chi connectivity index (χ1) is 12.0. The van der Waals surface area contributed by atoms with Gasteiger partial charge in [0.15, 0.2) is 0 Å². The Morgan fingerprint density at radius 1 is 1.15 bits per heavy atom. The summed E-state index contributed by atoms with van der Waals surface area (Å²) in [7, 11) is -4.29. The second-order valence-electron chi connectivity index (χ2n) is 5.36. The smallest absolute Gasteiger partial charge is 0.325 e. The van der Waals surface area contributed by atoms with Gasteiger partial charge in [-0.25, -0.2) is 13.1 Å². The molecule has 0 fully saturated rings. The van der Waals surface area contributed by atoms with E-state index in [0.29, 0.717) is 22.3 Å². The lowest BCUT2D eigenvalue weighted by Gasteiger charge is -2.11. The molecule has 2 aromatic carbocycles. The SMILES string of the molecule is Cc1ccc(Cl)cc1NC(=O)CNS(=O)(=O)c1cccc(C(F)(F)F)c1. The Labute approximate surface area is 153 Å². The van der Waals surface area contributed by atoms with Gasteiger partial charge in [0.05, 0.1) is 17.0 Å². The Balaban J connectivity index is 2.08. The van der Waals surface area contributed by atoms with Crippen LogP contribution >= 0.6 is 11.6 Å². The second-order valence-corrected chi connectivity index (χ2v) is 7.56. The number of anilines is 1. The van der Waals surface area contributed by atoms with Crippen LogP contribution in [0.15, 0.2) is 47.4 Å². The average molecular weight is 407 g/mol. The van der Waals surface area contributed by atoms with Gasteiger partial charge in [0.1, 0.15) is 0 Å². The standard InChI is InChI=1S/C16H14ClF3N2O3S/c1-10-5-6-12(17)8-14(10)22-15(23)9-21-26(24,25)13-4-2-3-11(7-13)16(18,19)20/h2-8,21H,9H2,1H3,(H,22,23). The summed E-state index contributed by atoms with van der Waals surface area (Å²) in [5.74, 6) is -0.689. The first-order valence-electron chi connectivity index (χ1n) is 7.22. The minimum Gasteiger partial charge on any atom is -0.325 e. The summed E-state index contributed by atoms with van der Waals surface area (Å²) in [6.45, 7) is 1.07. The average Bonchev–Trinajstić information content (AvgIpc) is 2.56. The van der Waals surface area contributed by atoms with Crippen molar-refractivity contribution in [2.75, 3.05) is 11.9 Å². The maximum Gasteiger partial charge on any atom is 0.416 e. The van der Waals surface area contributed by atoms with E-state index >= 15 is 0 Å². The Bertz CT molecular complexity index is 931. The minimum absolute atomic E-state index is 0.385. The van der Waals surface area contributed by atoms with Crippen LogP contribution in [0.2, 0.25) is 5.02 Å². The van der Waals surface area contributed by atoms with Crippen molar-refractivity contribution in [1.82, 2.24) is 4.72 Å². The zero-order valence-electron chi connectivity index (χ0n) is 13.4. The number of amides is 1. The van der Waals surface area contributed by atoms with Gasteiger partial charge in [-0.3, -0.25) is 4.79 Å². The molecule has 0 bridgehead atoms. The fraction of sp³-hybridized carbons (Fsp3) is 0.188. The van der Waals surface area contributed by atoms with E-state index < -0.39 is 39.1 Å². The highest BCUT2D eigenvalue weighted by Crippen LogP contribution is 2.30. The van der Waals surface area contributed by atoms with E-state index in [-0.39, 0.29) is 0 Å². The number of rotatable bonds is 5. The third-order valence-electron chi connectivity index (χ3n) is 3.37. The van der Waals surface area contributed by atoms with Crippen molar-refractivity contribution in [2.24, 2.45) is 0 Å². The maximum atomic E-state index is 12.7. The fourth-order valence-corrected chi connectivity index (χ4v) is 3.21. The van der Waals surface area contributed by atoms with E-state index in [9.17, 15) is 26.4 Å². The lowest BCUT2D eigenvalue weighted by Crippen LogP contribution is -2.33. The number of aryl methyl sites for hydroxylation is 1. The number of carbonyl (C=O) groups is 1. The zero-order chi connectivity index (χ0) is 19.5. The fourth-order valence-electron chi connectivity index (χ4n) is 2.01. The summed E-state index contributed by atoms with van der Waals surface area (Å²) in [6, 6.07) is 8.04. The van der Waals surface area contributed by atoms with E-state index in [1.165, 1.54) is 6.07 Å². The molecular weight excluding hydrogens is 393 g/mol. The molecular formula is C16H14ClF3N2O3S. The number of halogens is 4. The molecule has 0 radical (unpaired) electrons. The predicted octanol–water partition coefficient (Wildman–Crippen LogP) is 3.58. The highest BCUT2D eigenvalue weighted by atomic mass is 35.5. The molecule has 0 aliphatic carbocycles. The van der Waals surface area contributed by atoms with Gasteiger partial charge in [0.2, 0.25) is 15.9 Å². The van der Waals surface area contributed by atoms with Crippen molar-refractivity contribution >= 4 is 33.2 Å². The topological polar surface area (TPSA) is 75.3 Å². The van der Waals surface area contributed by atoms with E-state index in [1.54, 1.807) is 19.1 Å². The molecule has 2 N–H and O–H groups in total. The van der Waals surface area contributed by atoms with Gasteiger partial charge in [0, 0.05) is 10.7 Å². The molecule has 0 atom stereocenters. The van der Waals surface area contributed by atoms with Gasteiger partial charge in [-0.15, -0.1) is 0 Å². The van der Waals surface area contributed by atoms with Gasteiger partial charge in [-0.05, 0) is 42.8 Å². The number of hydrogen-bond donors (Lipinski definition) is 2. The summed E-state index contributed by atoms with van der Waals surface area (Å²) in [5, 5.41) is 2.87. The van der Waals surface area contributed by atoms with Crippen molar-refractivity contribution in [1.29, 1.82) is 0 Å². The summed E-state index contributed by atoms with van der Waals surface area (Å²) in [6.07, 6.45) is -4.67. The van der Waals surface area contributed by atoms with Crippen molar-refractivity contribution < 1.29 is 26.4 Å².